The van der Waals surface area contributed by atoms with E-state index < -0.39 is 0 Å². The van der Waals surface area contributed by atoms with Gasteiger partial charge in [0.1, 0.15) is 0 Å². The van der Waals surface area contributed by atoms with Gasteiger partial charge in [0, 0.05) is 38.7 Å². The van der Waals surface area contributed by atoms with Gasteiger partial charge in [-0.3, -0.25) is 4.57 Å². The number of hydrogen-bond acceptors (Lipinski definition) is 3. The van der Waals surface area contributed by atoms with Crippen molar-refractivity contribution < 1.29 is 0 Å². The standard InChI is InChI=1S/C16H24N4/c1-12(2)11-18-16-17-8-9-20(16)14-7-6-13(3)15(10-14)19(4)5/h6-10,12H,11H2,1-5H3,(H,17,18). The molecule has 0 spiro atoms. The minimum absolute atomic E-state index is 0.593. The lowest BCUT2D eigenvalue weighted by Crippen LogP contribution is -2.13. The highest BCUT2D eigenvalue weighted by Crippen LogP contribution is 2.23. The topological polar surface area (TPSA) is 33.1 Å². The molecule has 20 heavy (non-hydrogen) atoms. The number of anilines is 2. The molecule has 0 radical (unpaired) electrons. The number of aromatic nitrogens is 2. The Labute approximate surface area is 121 Å². The molecule has 108 valence electrons. The van der Waals surface area contributed by atoms with E-state index in [2.05, 4.69) is 72.8 Å². The molecule has 2 aromatic rings. The minimum atomic E-state index is 0.593. The third kappa shape index (κ3) is 3.13. The molecule has 1 aromatic heterocycles. The zero-order valence-corrected chi connectivity index (χ0v) is 13.0. The highest BCUT2D eigenvalue weighted by molar-refractivity contribution is 5.59. The van der Waals surface area contributed by atoms with Gasteiger partial charge in [-0.1, -0.05) is 19.9 Å². The van der Waals surface area contributed by atoms with Crippen molar-refractivity contribution >= 4 is 11.6 Å². The quantitative estimate of drug-likeness (QED) is 0.906. The molecule has 4 nitrogen and oxygen atoms in total. The van der Waals surface area contributed by atoms with Crippen molar-refractivity contribution in [3.8, 4) is 5.69 Å². The summed E-state index contributed by atoms with van der Waals surface area (Å²) in [6, 6.07) is 6.47. The summed E-state index contributed by atoms with van der Waals surface area (Å²) in [4.78, 5) is 6.54. The fourth-order valence-corrected chi connectivity index (χ4v) is 2.17. The summed E-state index contributed by atoms with van der Waals surface area (Å²) in [6.07, 6.45) is 3.82. The summed E-state index contributed by atoms with van der Waals surface area (Å²) in [5.41, 5.74) is 3.63. The second-order valence-corrected chi connectivity index (χ2v) is 5.76. The van der Waals surface area contributed by atoms with Crippen LogP contribution in [0.4, 0.5) is 11.6 Å². The van der Waals surface area contributed by atoms with Crippen LogP contribution in [0.3, 0.4) is 0 Å². The van der Waals surface area contributed by atoms with Crippen LogP contribution in [-0.4, -0.2) is 30.2 Å². The maximum atomic E-state index is 4.40. The van der Waals surface area contributed by atoms with Crippen LogP contribution < -0.4 is 10.2 Å². The predicted octanol–water partition coefficient (Wildman–Crippen LogP) is 3.31. The molecule has 0 aliphatic heterocycles. The molecule has 1 aromatic carbocycles. The van der Waals surface area contributed by atoms with Crippen LogP contribution in [0.15, 0.2) is 30.6 Å². The van der Waals surface area contributed by atoms with Gasteiger partial charge in [-0.2, -0.15) is 0 Å². The van der Waals surface area contributed by atoms with E-state index in [0.717, 1.165) is 18.2 Å². The van der Waals surface area contributed by atoms with Gasteiger partial charge in [0.15, 0.2) is 0 Å². The van der Waals surface area contributed by atoms with Gasteiger partial charge < -0.3 is 10.2 Å². The van der Waals surface area contributed by atoms with Gasteiger partial charge in [0.2, 0.25) is 5.95 Å². The lowest BCUT2D eigenvalue weighted by molar-refractivity contribution is 0.683. The first-order chi connectivity index (χ1) is 9.49. The van der Waals surface area contributed by atoms with Crippen LogP contribution in [0.1, 0.15) is 19.4 Å². The maximum absolute atomic E-state index is 4.40. The Morgan fingerprint density at radius 1 is 1.30 bits per heavy atom. The Kier molecular flexibility index (Phi) is 4.32. The molecule has 2 rings (SSSR count). The lowest BCUT2D eigenvalue weighted by Gasteiger charge is -2.18. The number of aryl methyl sites for hydroxylation is 1. The first-order valence-corrected chi connectivity index (χ1v) is 7.04. The van der Waals surface area contributed by atoms with E-state index >= 15 is 0 Å². The maximum Gasteiger partial charge on any atom is 0.207 e. The summed E-state index contributed by atoms with van der Waals surface area (Å²) in [6.45, 7) is 7.43. The minimum Gasteiger partial charge on any atom is -0.377 e. The van der Waals surface area contributed by atoms with Gasteiger partial charge in [0.05, 0.1) is 5.69 Å². The molecule has 0 fully saturated rings. The predicted molar refractivity (Wildman–Crippen MR) is 86.0 cm³/mol. The summed E-state index contributed by atoms with van der Waals surface area (Å²) in [7, 11) is 4.13. The Morgan fingerprint density at radius 2 is 2.05 bits per heavy atom. The van der Waals surface area contributed by atoms with Crippen molar-refractivity contribution in [3.05, 3.63) is 36.2 Å². The fraction of sp³-hybridized carbons (Fsp3) is 0.438. The monoisotopic (exact) mass is 272 g/mol. The van der Waals surface area contributed by atoms with Crippen molar-refractivity contribution in [3.63, 3.8) is 0 Å². The van der Waals surface area contributed by atoms with E-state index in [1.165, 1.54) is 11.3 Å². The molecule has 0 aliphatic carbocycles. The molecule has 0 atom stereocenters. The average Bonchev–Trinajstić information content (AvgIpc) is 2.85. The molecule has 0 aliphatic rings. The summed E-state index contributed by atoms with van der Waals surface area (Å²) < 4.78 is 2.09. The number of benzene rings is 1. The van der Waals surface area contributed by atoms with Crippen molar-refractivity contribution in [2.24, 2.45) is 5.92 Å². The van der Waals surface area contributed by atoms with Crippen LogP contribution >= 0.6 is 0 Å². The Bertz CT molecular complexity index is 570. The normalized spacial score (nSPS) is 10.9. The number of nitrogens with one attached hydrogen (secondary N) is 1. The molecule has 0 amide bonds. The molecule has 0 bridgehead atoms. The molecule has 0 saturated carbocycles. The van der Waals surface area contributed by atoms with Gasteiger partial charge in [0.25, 0.3) is 0 Å². The number of rotatable bonds is 5. The summed E-state index contributed by atoms with van der Waals surface area (Å²) in [5.74, 6) is 1.49. The molecule has 0 unspecified atom stereocenters. The summed E-state index contributed by atoms with van der Waals surface area (Å²) >= 11 is 0. The van der Waals surface area contributed by atoms with Crippen molar-refractivity contribution in [1.29, 1.82) is 0 Å². The molecule has 1 N–H and O–H groups in total. The first-order valence-electron chi connectivity index (χ1n) is 7.04. The van der Waals surface area contributed by atoms with Crippen molar-refractivity contribution in [2.45, 2.75) is 20.8 Å². The highest BCUT2D eigenvalue weighted by atomic mass is 15.2. The zero-order chi connectivity index (χ0) is 14.7. The van der Waals surface area contributed by atoms with Crippen LogP contribution in [0.2, 0.25) is 0 Å². The van der Waals surface area contributed by atoms with E-state index in [1.807, 2.05) is 12.4 Å². The highest BCUT2D eigenvalue weighted by Gasteiger charge is 2.08. The molecule has 1 heterocycles. The molecule has 0 saturated heterocycles. The second-order valence-electron chi connectivity index (χ2n) is 5.76. The SMILES string of the molecule is Cc1ccc(-n2ccnc2NCC(C)C)cc1N(C)C. The first kappa shape index (κ1) is 14.4. The molecular weight excluding hydrogens is 248 g/mol. The van der Waals surface area contributed by atoms with Crippen LogP contribution in [0.5, 0.6) is 0 Å². The molecular formula is C16H24N4. The van der Waals surface area contributed by atoms with Gasteiger partial charge in [-0.15, -0.1) is 0 Å². The number of nitrogens with zero attached hydrogens (tertiary/aromatic N) is 3. The smallest absolute Gasteiger partial charge is 0.207 e. The largest absolute Gasteiger partial charge is 0.377 e. The van der Waals surface area contributed by atoms with Gasteiger partial charge >= 0.3 is 0 Å². The van der Waals surface area contributed by atoms with Crippen LogP contribution in [0.25, 0.3) is 5.69 Å². The van der Waals surface area contributed by atoms with E-state index in [9.17, 15) is 0 Å². The summed E-state index contributed by atoms with van der Waals surface area (Å²) in [5, 5.41) is 3.39. The fourth-order valence-electron chi connectivity index (χ4n) is 2.17. The van der Waals surface area contributed by atoms with Crippen LogP contribution in [-0.2, 0) is 0 Å². The van der Waals surface area contributed by atoms with Crippen LogP contribution in [0, 0.1) is 12.8 Å². The number of hydrogen-bond donors (Lipinski definition) is 1. The third-order valence-corrected chi connectivity index (χ3v) is 3.26. The Hall–Kier alpha value is -1.97. The second kappa shape index (κ2) is 5.99. The lowest BCUT2D eigenvalue weighted by atomic mass is 10.1. The van der Waals surface area contributed by atoms with Crippen molar-refractivity contribution in [2.75, 3.05) is 30.9 Å². The van der Waals surface area contributed by atoms with Gasteiger partial charge in [-0.25, -0.2) is 4.98 Å². The van der Waals surface area contributed by atoms with E-state index in [-0.39, 0.29) is 0 Å². The zero-order valence-electron chi connectivity index (χ0n) is 13.0. The van der Waals surface area contributed by atoms with E-state index in [4.69, 9.17) is 0 Å². The van der Waals surface area contributed by atoms with E-state index in [0.29, 0.717) is 5.92 Å². The number of imidazole rings is 1. The van der Waals surface area contributed by atoms with Gasteiger partial charge in [-0.05, 0) is 30.5 Å². The Balaban J connectivity index is 2.32. The third-order valence-electron chi connectivity index (χ3n) is 3.26. The average molecular weight is 272 g/mol. The van der Waals surface area contributed by atoms with Crippen molar-refractivity contribution in [1.82, 2.24) is 9.55 Å². The van der Waals surface area contributed by atoms with E-state index in [1.54, 1.807) is 0 Å². The Morgan fingerprint density at radius 3 is 2.70 bits per heavy atom. The molecule has 4 heteroatoms.